The van der Waals surface area contributed by atoms with E-state index >= 15 is 0 Å². The van der Waals surface area contributed by atoms with Gasteiger partial charge >= 0.3 is 0 Å². The zero-order valence-corrected chi connectivity index (χ0v) is 17.3. The third kappa shape index (κ3) is 4.59. The van der Waals surface area contributed by atoms with Crippen molar-refractivity contribution in [1.29, 1.82) is 0 Å². The van der Waals surface area contributed by atoms with Gasteiger partial charge in [0, 0.05) is 12.0 Å². The lowest BCUT2D eigenvalue weighted by Crippen LogP contribution is -2.28. The summed E-state index contributed by atoms with van der Waals surface area (Å²) in [5, 5.41) is 17.4. The fraction of sp³-hybridized carbons (Fsp3) is 0.476. The summed E-state index contributed by atoms with van der Waals surface area (Å²) >= 11 is 0. The van der Waals surface area contributed by atoms with Crippen LogP contribution in [0.2, 0.25) is 0 Å². The molecule has 1 saturated carbocycles. The smallest absolute Gasteiger partial charge is 0.165 e. The highest BCUT2D eigenvalue weighted by Crippen LogP contribution is 2.43. The minimum atomic E-state index is -0.591. The molecular weight excluding hydrogens is 406 g/mol. The molecule has 0 amide bonds. The number of aromatic nitrogens is 4. The normalized spacial score (nSPS) is 16.8. The van der Waals surface area contributed by atoms with Crippen LogP contribution >= 0.6 is 0 Å². The number of ether oxygens (including phenoxy) is 1. The largest absolute Gasteiger partial charge is 0.495 e. The molecule has 166 valence electrons. The second kappa shape index (κ2) is 9.11. The second-order valence-electron chi connectivity index (χ2n) is 7.70. The highest BCUT2D eigenvalue weighted by Gasteiger charge is 2.30. The number of nitrogens with one attached hydrogen (secondary N) is 1. The number of nitrogens with zero attached hydrogens (tertiary/aromatic N) is 4. The van der Waals surface area contributed by atoms with E-state index in [-0.39, 0.29) is 12.4 Å². The fourth-order valence-corrected chi connectivity index (χ4v) is 3.56. The first-order chi connectivity index (χ1) is 15.0. The van der Waals surface area contributed by atoms with Crippen LogP contribution < -0.4 is 15.8 Å². The summed E-state index contributed by atoms with van der Waals surface area (Å²) in [4.78, 5) is 8.45. The van der Waals surface area contributed by atoms with Crippen molar-refractivity contribution < 1.29 is 18.6 Å². The first kappa shape index (κ1) is 21.4. The predicted octanol–water partition coefficient (Wildman–Crippen LogP) is 2.60. The maximum atomic E-state index is 13.4. The number of rotatable bonds is 4. The molecule has 4 heterocycles. The Labute approximate surface area is 178 Å². The molecule has 0 radical (unpaired) electrons. The van der Waals surface area contributed by atoms with Gasteiger partial charge < -0.3 is 20.9 Å². The molecule has 1 aliphatic carbocycles. The highest BCUT2D eigenvalue weighted by molar-refractivity contribution is 5.65. The molecule has 1 aliphatic heterocycles. The van der Waals surface area contributed by atoms with Gasteiger partial charge in [-0.05, 0) is 50.9 Å². The average molecular weight is 432 g/mol. The lowest BCUT2D eigenvalue weighted by molar-refractivity contribution is 0.262. The van der Waals surface area contributed by atoms with Crippen LogP contribution in [0.15, 0.2) is 18.2 Å². The van der Waals surface area contributed by atoms with E-state index in [9.17, 15) is 13.9 Å². The van der Waals surface area contributed by atoms with Crippen molar-refractivity contribution in [3.63, 3.8) is 0 Å². The van der Waals surface area contributed by atoms with Crippen molar-refractivity contribution >= 4 is 11.5 Å². The number of nitrogens with two attached hydrogens (primary N) is 1. The minimum absolute atomic E-state index is 0.206. The van der Waals surface area contributed by atoms with E-state index in [4.69, 9.17) is 10.5 Å². The average Bonchev–Trinajstić information content (AvgIpc) is 3.56. The maximum absolute atomic E-state index is 13.4. The number of nitrogen functional groups attached to an aromatic ring is 1. The summed E-state index contributed by atoms with van der Waals surface area (Å²) < 4.78 is 32.6. The van der Waals surface area contributed by atoms with E-state index in [1.165, 1.54) is 12.1 Å². The topological polar surface area (TPSA) is 111 Å². The van der Waals surface area contributed by atoms with Gasteiger partial charge in [0.2, 0.25) is 0 Å². The number of piperidine rings is 1. The Morgan fingerprint density at radius 3 is 2.52 bits per heavy atom. The molecule has 31 heavy (non-hydrogen) atoms. The maximum Gasteiger partial charge on any atom is 0.165 e. The molecule has 8 nitrogen and oxygen atoms in total. The summed E-state index contributed by atoms with van der Waals surface area (Å²) in [7, 11) is 1.60. The molecule has 2 fully saturated rings. The van der Waals surface area contributed by atoms with Crippen molar-refractivity contribution in [3.05, 3.63) is 35.4 Å². The van der Waals surface area contributed by atoms with Gasteiger partial charge in [-0.1, -0.05) is 0 Å². The van der Waals surface area contributed by atoms with Gasteiger partial charge in [-0.2, -0.15) is 5.10 Å². The summed E-state index contributed by atoms with van der Waals surface area (Å²) in [5.41, 5.74) is 8.27. The van der Waals surface area contributed by atoms with Gasteiger partial charge in [0.15, 0.2) is 17.3 Å². The Bertz CT molecular complexity index is 1060. The van der Waals surface area contributed by atoms with E-state index in [0.717, 1.165) is 31.6 Å². The van der Waals surface area contributed by atoms with Gasteiger partial charge in [0.05, 0.1) is 25.1 Å². The van der Waals surface area contributed by atoms with Gasteiger partial charge in [-0.25, -0.2) is 23.3 Å². The van der Waals surface area contributed by atoms with Gasteiger partial charge in [0.25, 0.3) is 0 Å². The highest BCUT2D eigenvalue weighted by atomic mass is 19.1. The van der Waals surface area contributed by atoms with Crippen molar-refractivity contribution in [2.24, 2.45) is 0 Å². The van der Waals surface area contributed by atoms with Gasteiger partial charge in [-0.3, -0.25) is 0 Å². The van der Waals surface area contributed by atoms with Crippen molar-refractivity contribution in [1.82, 2.24) is 24.9 Å². The van der Waals surface area contributed by atoms with E-state index in [1.54, 1.807) is 17.7 Å². The summed E-state index contributed by atoms with van der Waals surface area (Å²) in [5.74, 6) is 0.245. The summed E-state index contributed by atoms with van der Waals surface area (Å²) in [6.45, 7) is 1.43. The van der Waals surface area contributed by atoms with Crippen LogP contribution in [0.1, 0.15) is 43.0 Å². The van der Waals surface area contributed by atoms with Crippen LogP contribution in [-0.4, -0.2) is 51.1 Å². The number of aliphatic hydroxyl groups excluding tert-OH is 1. The number of imidazole rings is 1. The van der Waals surface area contributed by atoms with Crippen LogP contribution in [0.3, 0.4) is 0 Å². The third-order valence-electron chi connectivity index (χ3n) is 5.39. The molecule has 0 bridgehead atoms. The number of fused-ring (bicyclic) bond motifs is 1. The number of halogens is 2. The second-order valence-corrected chi connectivity index (χ2v) is 7.70. The van der Waals surface area contributed by atoms with Crippen LogP contribution in [0.5, 0.6) is 5.75 Å². The van der Waals surface area contributed by atoms with Crippen molar-refractivity contribution in [2.45, 2.75) is 44.4 Å². The molecule has 2 aliphatic rings. The number of alkyl halides is 1. The number of aliphatic hydroxyl groups is 1. The zero-order valence-electron chi connectivity index (χ0n) is 17.3. The first-order valence-electron chi connectivity index (χ1n) is 10.4. The molecule has 0 unspecified atom stereocenters. The summed E-state index contributed by atoms with van der Waals surface area (Å²) in [6, 6.07) is 4.52. The fourth-order valence-electron chi connectivity index (χ4n) is 3.56. The standard InChI is InChI=1S/C16H16FN5O2.C5H10FN/c1-24-12-6-13-19-11(7-23)15(10-5-4-9(17)16(18)20-10)22(13)21-14(12)8-2-3-8;6-5-1-3-7-4-2-5/h4-6,8,23H,2-3,7H2,1H3,(H2,18,20);5,7H,1-4H2. The summed E-state index contributed by atoms with van der Waals surface area (Å²) in [6.07, 6.45) is 3.02. The van der Waals surface area contributed by atoms with Crippen LogP contribution in [0, 0.1) is 5.82 Å². The molecule has 1 saturated heterocycles. The van der Waals surface area contributed by atoms with E-state index in [1.807, 2.05) is 0 Å². The zero-order chi connectivity index (χ0) is 22.0. The number of anilines is 1. The third-order valence-corrected chi connectivity index (χ3v) is 5.39. The number of pyridine rings is 1. The molecule has 0 atom stereocenters. The predicted molar refractivity (Wildman–Crippen MR) is 112 cm³/mol. The monoisotopic (exact) mass is 432 g/mol. The molecule has 0 spiro atoms. The SMILES string of the molecule is COc1cc2nc(CO)c(-c3ccc(F)c(N)n3)n2nc1C1CC1.FC1CCNCC1. The lowest BCUT2D eigenvalue weighted by Gasteiger charge is -2.14. The first-order valence-corrected chi connectivity index (χ1v) is 10.4. The van der Waals surface area contributed by atoms with E-state index in [2.05, 4.69) is 20.4 Å². The van der Waals surface area contributed by atoms with Gasteiger partial charge in [0.1, 0.15) is 23.3 Å². The molecule has 10 heteroatoms. The van der Waals surface area contributed by atoms with Crippen molar-refractivity contribution in [2.75, 3.05) is 25.9 Å². The number of hydrogen-bond donors (Lipinski definition) is 3. The minimum Gasteiger partial charge on any atom is -0.495 e. The molecule has 4 N–H and O–H groups in total. The molecule has 3 aromatic heterocycles. The van der Waals surface area contributed by atoms with Crippen molar-refractivity contribution in [3.8, 4) is 17.1 Å². The lowest BCUT2D eigenvalue weighted by atomic mass is 10.1. The Balaban J connectivity index is 0.000000282. The number of methoxy groups -OCH3 is 1. The van der Waals surface area contributed by atoms with Gasteiger partial charge in [-0.15, -0.1) is 0 Å². The molecular formula is C21H26F2N6O2. The van der Waals surface area contributed by atoms with E-state index in [0.29, 0.717) is 47.2 Å². The van der Waals surface area contributed by atoms with Crippen LogP contribution in [0.25, 0.3) is 17.0 Å². The Kier molecular flexibility index (Phi) is 6.28. The quantitative estimate of drug-likeness (QED) is 0.581. The Hall–Kier alpha value is -2.85. The molecule has 0 aromatic carbocycles. The van der Waals surface area contributed by atoms with Crippen LogP contribution in [0.4, 0.5) is 14.6 Å². The van der Waals surface area contributed by atoms with Crippen LogP contribution in [-0.2, 0) is 6.61 Å². The number of hydrogen-bond acceptors (Lipinski definition) is 7. The van der Waals surface area contributed by atoms with E-state index < -0.39 is 12.0 Å². The molecule has 3 aromatic rings. The Morgan fingerprint density at radius 1 is 1.23 bits per heavy atom. The molecule has 5 rings (SSSR count). The Morgan fingerprint density at radius 2 is 1.97 bits per heavy atom.